The summed E-state index contributed by atoms with van der Waals surface area (Å²) in [7, 11) is 1.52. The van der Waals surface area contributed by atoms with Crippen molar-refractivity contribution >= 4 is 13.7 Å². The van der Waals surface area contributed by atoms with E-state index in [0.717, 1.165) is 64.2 Å². The van der Waals surface area contributed by atoms with Crippen LogP contribution in [0.3, 0.4) is 0 Å². The van der Waals surface area contributed by atoms with Gasteiger partial charge in [-0.15, -0.1) is 0 Å². The predicted molar refractivity (Wildman–Crippen MR) is 180 cm³/mol. The Kier molecular flexibility index (Phi) is 25.5. The molecular formula is C34H62N2O6P+. The number of quaternary nitrogens is 1. The minimum atomic E-state index is -4.33. The van der Waals surface area contributed by atoms with Crippen molar-refractivity contribution in [2.24, 2.45) is 0 Å². The van der Waals surface area contributed by atoms with E-state index < -0.39 is 20.0 Å². The molecule has 248 valence electrons. The summed E-state index contributed by atoms with van der Waals surface area (Å²) in [5.74, 6) is -0.229. The molecular weight excluding hydrogens is 563 g/mol. The first-order valence-electron chi connectivity index (χ1n) is 16.2. The molecule has 0 bridgehead atoms. The summed E-state index contributed by atoms with van der Waals surface area (Å²) < 4.78 is 23.2. The summed E-state index contributed by atoms with van der Waals surface area (Å²) in [6, 6.07) is -0.865. The lowest BCUT2D eigenvalue weighted by Crippen LogP contribution is -2.45. The largest absolute Gasteiger partial charge is 0.472 e. The maximum atomic E-state index is 12.6. The zero-order valence-corrected chi connectivity index (χ0v) is 28.6. The van der Waals surface area contributed by atoms with Gasteiger partial charge >= 0.3 is 7.82 Å². The summed E-state index contributed by atoms with van der Waals surface area (Å²) in [6.07, 6.45) is 31.7. The number of allylic oxidation sites excluding steroid dienone is 9. The second kappa shape index (κ2) is 26.6. The Bertz CT molecular complexity index is 892. The maximum absolute atomic E-state index is 12.6. The summed E-state index contributed by atoms with van der Waals surface area (Å²) in [6.45, 7) is 4.53. The lowest BCUT2D eigenvalue weighted by molar-refractivity contribution is -0.870. The Morgan fingerprint density at radius 2 is 1.40 bits per heavy atom. The highest BCUT2D eigenvalue weighted by molar-refractivity contribution is 7.47. The van der Waals surface area contributed by atoms with Gasteiger partial charge in [0.2, 0.25) is 5.91 Å². The molecule has 0 aromatic heterocycles. The Morgan fingerprint density at radius 1 is 0.814 bits per heavy atom. The van der Waals surface area contributed by atoms with E-state index in [9.17, 15) is 19.4 Å². The van der Waals surface area contributed by atoms with Crippen molar-refractivity contribution in [1.82, 2.24) is 5.32 Å². The van der Waals surface area contributed by atoms with Gasteiger partial charge in [-0.2, -0.15) is 0 Å². The molecule has 9 heteroatoms. The van der Waals surface area contributed by atoms with Gasteiger partial charge in [0.15, 0.2) is 0 Å². The monoisotopic (exact) mass is 625 g/mol. The lowest BCUT2D eigenvalue weighted by atomic mass is 10.1. The second-order valence-corrected chi connectivity index (χ2v) is 13.3. The fraction of sp³-hybridized carbons (Fsp3) is 0.676. The van der Waals surface area contributed by atoms with E-state index >= 15 is 0 Å². The number of carbonyl (C=O) groups is 1. The summed E-state index contributed by atoms with van der Waals surface area (Å²) in [5, 5.41) is 13.5. The molecule has 3 N–H and O–H groups in total. The molecule has 0 heterocycles. The molecule has 0 aromatic carbocycles. The number of phosphoric ester groups is 1. The van der Waals surface area contributed by atoms with Crippen LogP contribution in [-0.4, -0.2) is 73.4 Å². The average molecular weight is 626 g/mol. The fourth-order valence-electron chi connectivity index (χ4n) is 3.85. The topological polar surface area (TPSA) is 105 Å². The van der Waals surface area contributed by atoms with Crippen molar-refractivity contribution in [2.45, 2.75) is 109 Å². The number of aliphatic hydroxyl groups excluding tert-OH is 1. The van der Waals surface area contributed by atoms with Gasteiger partial charge in [0.1, 0.15) is 13.2 Å². The van der Waals surface area contributed by atoms with Crippen molar-refractivity contribution in [3.05, 3.63) is 60.8 Å². The molecule has 0 fully saturated rings. The van der Waals surface area contributed by atoms with Gasteiger partial charge in [-0.25, -0.2) is 4.57 Å². The second-order valence-electron chi connectivity index (χ2n) is 11.8. The van der Waals surface area contributed by atoms with Crippen molar-refractivity contribution in [3.63, 3.8) is 0 Å². The van der Waals surface area contributed by atoms with Gasteiger partial charge in [-0.05, 0) is 57.8 Å². The van der Waals surface area contributed by atoms with Crippen LogP contribution in [0.4, 0.5) is 0 Å². The molecule has 0 saturated heterocycles. The molecule has 1 amide bonds. The van der Waals surface area contributed by atoms with Crippen LogP contribution in [-0.2, 0) is 18.4 Å². The Hall–Kier alpha value is -1.80. The minimum absolute atomic E-state index is 0.0494. The first kappa shape index (κ1) is 41.2. The highest BCUT2D eigenvalue weighted by Gasteiger charge is 2.27. The summed E-state index contributed by atoms with van der Waals surface area (Å²) in [4.78, 5) is 22.7. The molecule has 8 nitrogen and oxygen atoms in total. The van der Waals surface area contributed by atoms with Gasteiger partial charge in [0.05, 0.1) is 39.9 Å². The number of aliphatic hydroxyl groups is 1. The van der Waals surface area contributed by atoms with Crippen LogP contribution in [0.5, 0.6) is 0 Å². The van der Waals surface area contributed by atoms with Crippen LogP contribution >= 0.6 is 7.82 Å². The number of nitrogens with one attached hydrogen (secondary N) is 1. The van der Waals surface area contributed by atoms with E-state index in [1.165, 1.54) is 6.42 Å². The molecule has 0 radical (unpaired) electrons. The highest BCUT2D eigenvalue weighted by Crippen LogP contribution is 2.43. The van der Waals surface area contributed by atoms with E-state index in [-0.39, 0.29) is 19.1 Å². The number of unbranched alkanes of at least 4 members (excludes halogenated alkanes) is 6. The van der Waals surface area contributed by atoms with Gasteiger partial charge in [0.25, 0.3) is 0 Å². The number of amides is 1. The third-order valence-electron chi connectivity index (χ3n) is 6.49. The van der Waals surface area contributed by atoms with E-state index in [1.807, 2.05) is 27.2 Å². The molecule has 0 aromatic rings. The molecule has 3 unspecified atom stereocenters. The number of likely N-dealkylation sites (N-methyl/N-ethyl adjacent to an activating group) is 1. The number of rotatable bonds is 27. The van der Waals surface area contributed by atoms with Crippen LogP contribution in [0.1, 0.15) is 97.3 Å². The maximum Gasteiger partial charge on any atom is 0.472 e. The first-order valence-corrected chi connectivity index (χ1v) is 17.7. The Labute approximate surface area is 262 Å². The average Bonchev–Trinajstić information content (AvgIpc) is 2.94. The van der Waals surface area contributed by atoms with Crippen LogP contribution in [0, 0.1) is 0 Å². The number of hydrogen-bond acceptors (Lipinski definition) is 5. The van der Waals surface area contributed by atoms with Crippen LogP contribution < -0.4 is 5.32 Å². The van der Waals surface area contributed by atoms with Gasteiger partial charge in [-0.3, -0.25) is 13.8 Å². The molecule has 0 rings (SSSR count). The summed E-state index contributed by atoms with van der Waals surface area (Å²) in [5.41, 5.74) is 0. The van der Waals surface area contributed by atoms with Crippen molar-refractivity contribution in [2.75, 3.05) is 40.9 Å². The van der Waals surface area contributed by atoms with E-state index in [1.54, 1.807) is 6.08 Å². The molecule has 43 heavy (non-hydrogen) atoms. The van der Waals surface area contributed by atoms with E-state index in [4.69, 9.17) is 9.05 Å². The quantitative estimate of drug-likeness (QED) is 0.0377. The van der Waals surface area contributed by atoms with Gasteiger partial charge in [0, 0.05) is 6.42 Å². The van der Waals surface area contributed by atoms with Crippen LogP contribution in [0.25, 0.3) is 0 Å². The third-order valence-corrected chi connectivity index (χ3v) is 7.48. The standard InChI is InChI=1S/C34H61N2O6P/c1-6-8-10-12-14-15-16-17-18-19-20-21-22-24-26-28-34(38)35-32(33(37)27-25-23-13-11-9-7-2)31-42-43(39,40)41-30-29-36(3,4)5/h8,10,14-15,17-18,20-21,25,27,32-33,37H,6-7,9,11-13,16,19,22-24,26,28-31H2,1-5H3,(H-,35,38,39,40)/p+1/b10-8-,15-14-,18-17-,21-20-,27-25+. The van der Waals surface area contributed by atoms with Gasteiger partial charge in [-0.1, -0.05) is 93.9 Å². The van der Waals surface area contributed by atoms with E-state index in [0.29, 0.717) is 23.9 Å². The Balaban J connectivity index is 4.61. The lowest BCUT2D eigenvalue weighted by Gasteiger charge is -2.25. The molecule has 0 saturated carbocycles. The van der Waals surface area contributed by atoms with Crippen LogP contribution in [0.2, 0.25) is 0 Å². The van der Waals surface area contributed by atoms with Crippen LogP contribution in [0.15, 0.2) is 60.8 Å². The molecule has 0 spiro atoms. The SMILES string of the molecule is CC/C=C\C/C=C\C/C=C\C/C=C\CCCCC(=O)NC(COP(=O)(O)OCC[N+](C)(C)C)C(O)/C=C/CCCCCC. The first-order chi connectivity index (χ1) is 20.5. The smallest absolute Gasteiger partial charge is 0.387 e. The highest BCUT2D eigenvalue weighted by atomic mass is 31.2. The third kappa shape index (κ3) is 28.7. The number of phosphoric acid groups is 1. The van der Waals surface area contributed by atoms with Crippen molar-refractivity contribution < 1.29 is 32.9 Å². The van der Waals surface area contributed by atoms with E-state index in [2.05, 4.69) is 67.8 Å². The molecule has 0 aliphatic carbocycles. The van der Waals surface area contributed by atoms with Crippen molar-refractivity contribution in [1.29, 1.82) is 0 Å². The molecule has 0 aliphatic heterocycles. The van der Waals surface area contributed by atoms with Crippen molar-refractivity contribution in [3.8, 4) is 0 Å². The predicted octanol–water partition coefficient (Wildman–Crippen LogP) is 7.56. The summed E-state index contributed by atoms with van der Waals surface area (Å²) >= 11 is 0. The fourth-order valence-corrected chi connectivity index (χ4v) is 4.59. The zero-order chi connectivity index (χ0) is 32.2. The molecule has 3 atom stereocenters. The number of carbonyl (C=O) groups excluding carboxylic acids is 1. The normalized spacial score (nSPS) is 15.8. The zero-order valence-electron chi connectivity index (χ0n) is 27.7. The number of hydrogen-bond donors (Lipinski definition) is 3. The Morgan fingerprint density at radius 3 is 2.00 bits per heavy atom. The molecule has 0 aliphatic rings. The number of nitrogens with zero attached hydrogens (tertiary/aromatic N) is 1. The minimum Gasteiger partial charge on any atom is -0.387 e. The van der Waals surface area contributed by atoms with Gasteiger partial charge < -0.3 is 19.8 Å².